The summed E-state index contributed by atoms with van der Waals surface area (Å²) in [5.74, 6) is 1.59. The van der Waals surface area contributed by atoms with Gasteiger partial charge in [-0.3, -0.25) is 4.57 Å². The lowest BCUT2D eigenvalue weighted by Crippen LogP contribution is -2.10. The van der Waals surface area contributed by atoms with Crippen molar-refractivity contribution < 1.29 is 0 Å². The Balaban J connectivity index is 0.766. The molecule has 0 saturated carbocycles. The number of para-hydroxylation sites is 2. The largest absolute Gasteiger partial charge is 0.310 e. The van der Waals surface area contributed by atoms with Gasteiger partial charge in [-0.2, -0.15) is 0 Å². The zero-order valence-electron chi connectivity index (χ0n) is 52.2. The van der Waals surface area contributed by atoms with E-state index in [1.54, 1.807) is 0 Å². The molecule has 0 unspecified atom stereocenters. The van der Waals surface area contributed by atoms with Gasteiger partial charge in [-0.15, -0.1) is 10.2 Å². The molecule has 0 bridgehead atoms. The third-order valence-corrected chi connectivity index (χ3v) is 17.7. The van der Waals surface area contributed by atoms with E-state index in [0.717, 1.165) is 118 Å². The van der Waals surface area contributed by atoms with Crippen LogP contribution < -0.4 is 9.80 Å². The molecule has 444 valence electrons. The summed E-state index contributed by atoms with van der Waals surface area (Å²) in [6, 6.07) is 127. The molecule has 0 aliphatic heterocycles. The summed E-state index contributed by atoms with van der Waals surface area (Å²) in [7, 11) is 0. The summed E-state index contributed by atoms with van der Waals surface area (Å²) in [4.78, 5) is 4.75. The predicted molar refractivity (Wildman–Crippen MR) is 391 cm³/mol. The van der Waals surface area contributed by atoms with Gasteiger partial charge in [0.2, 0.25) is 0 Å². The molecule has 0 saturated heterocycles. The van der Waals surface area contributed by atoms with Crippen LogP contribution in [-0.2, 0) is 5.41 Å². The number of aromatic nitrogens is 3. The van der Waals surface area contributed by atoms with E-state index in [2.05, 4.69) is 381 Å². The van der Waals surface area contributed by atoms with Crippen LogP contribution in [0.15, 0.2) is 352 Å². The lowest BCUT2D eigenvalue weighted by molar-refractivity contribution is 0.590. The van der Waals surface area contributed by atoms with Crippen LogP contribution >= 0.6 is 0 Å². The fourth-order valence-electron chi connectivity index (χ4n) is 13.0. The standard InChI is InChI=1S/C88H67N5/c1-88(2,3)74-54-46-73(47-55-74)87-90-89-86(93(87)76-32-14-7-15-33-76)72-44-40-63(41-45-72)62-38-42-70(43-39-62)84(68-24-8-4-9-25-68)85(69-26-10-5-11-27-69)71-52-60-79(61-53-71)92(83-37-21-29-67-23-17-19-35-81(67)83)78-58-50-65(51-59-78)64-48-56-77(57-49-64)91(75-30-12-6-13-31-75)82-36-20-28-66-22-16-18-34-80(66)82/h4-61H,1-3H3/b85-84+. The van der Waals surface area contributed by atoms with E-state index in [1.807, 2.05) is 6.07 Å². The summed E-state index contributed by atoms with van der Waals surface area (Å²) < 4.78 is 2.17. The monoisotopic (exact) mass is 1190 g/mol. The van der Waals surface area contributed by atoms with Crippen LogP contribution in [0.25, 0.3) is 83.4 Å². The van der Waals surface area contributed by atoms with E-state index in [4.69, 9.17) is 10.2 Å². The van der Waals surface area contributed by atoms with Crippen LogP contribution in [-0.4, -0.2) is 14.8 Å². The molecular formula is C88H67N5. The van der Waals surface area contributed by atoms with Gasteiger partial charge in [-0.1, -0.05) is 300 Å². The van der Waals surface area contributed by atoms with E-state index < -0.39 is 0 Å². The summed E-state index contributed by atoms with van der Waals surface area (Å²) in [6.07, 6.45) is 0. The second-order valence-corrected chi connectivity index (χ2v) is 24.6. The number of hydrogen-bond donors (Lipinski definition) is 0. The molecule has 15 rings (SSSR count). The number of anilines is 6. The second-order valence-electron chi connectivity index (χ2n) is 24.6. The van der Waals surface area contributed by atoms with E-state index in [1.165, 1.54) is 27.1 Å². The van der Waals surface area contributed by atoms with Crippen molar-refractivity contribution in [2.75, 3.05) is 9.80 Å². The molecule has 0 aliphatic carbocycles. The van der Waals surface area contributed by atoms with Gasteiger partial charge < -0.3 is 9.80 Å². The van der Waals surface area contributed by atoms with Gasteiger partial charge in [0, 0.05) is 50.3 Å². The van der Waals surface area contributed by atoms with Crippen molar-refractivity contribution in [1.82, 2.24) is 14.8 Å². The number of benzene rings is 14. The molecule has 0 radical (unpaired) electrons. The number of fused-ring (bicyclic) bond motifs is 2. The highest BCUT2D eigenvalue weighted by Gasteiger charge is 2.23. The smallest absolute Gasteiger partial charge is 0.168 e. The van der Waals surface area contributed by atoms with Crippen molar-refractivity contribution in [2.24, 2.45) is 0 Å². The van der Waals surface area contributed by atoms with Crippen molar-refractivity contribution in [3.05, 3.63) is 380 Å². The van der Waals surface area contributed by atoms with E-state index in [-0.39, 0.29) is 5.41 Å². The van der Waals surface area contributed by atoms with Gasteiger partial charge in [0.25, 0.3) is 0 Å². The van der Waals surface area contributed by atoms with Gasteiger partial charge >= 0.3 is 0 Å². The third kappa shape index (κ3) is 11.6. The van der Waals surface area contributed by atoms with Crippen molar-refractivity contribution in [2.45, 2.75) is 26.2 Å². The molecule has 0 atom stereocenters. The first-order chi connectivity index (χ1) is 45.8. The van der Waals surface area contributed by atoms with Crippen LogP contribution in [0.2, 0.25) is 0 Å². The van der Waals surface area contributed by atoms with Gasteiger partial charge in [0.15, 0.2) is 11.6 Å². The predicted octanol–water partition coefficient (Wildman–Crippen LogP) is 23.5. The van der Waals surface area contributed by atoms with Crippen molar-refractivity contribution in [1.29, 1.82) is 0 Å². The molecule has 15 aromatic rings. The SMILES string of the molecule is CC(C)(C)c1ccc(-c2nnc(-c3ccc(-c4ccc(/C(=C(\c5ccccc5)c5ccc(N(c6ccc(-c7ccc(N(c8ccccc8)c8cccc9ccccc89)cc7)cc6)c6cccc7ccccc67)cc5)c5ccccc5)cc4)cc3)n2-c2ccccc2)cc1. The molecule has 14 aromatic carbocycles. The fraction of sp³-hybridized carbons (Fsp3) is 0.0455. The molecule has 1 aromatic heterocycles. The van der Waals surface area contributed by atoms with Crippen LogP contribution in [0.4, 0.5) is 34.1 Å². The van der Waals surface area contributed by atoms with Gasteiger partial charge in [-0.05, 0) is 150 Å². The molecular weight excluding hydrogens is 1130 g/mol. The Kier molecular flexibility index (Phi) is 15.6. The molecule has 0 amide bonds. The molecule has 5 heteroatoms. The highest BCUT2D eigenvalue weighted by Crippen LogP contribution is 2.44. The maximum atomic E-state index is 4.83. The summed E-state index contributed by atoms with van der Waals surface area (Å²) in [5, 5.41) is 14.4. The highest BCUT2D eigenvalue weighted by molar-refractivity contribution is 6.06. The van der Waals surface area contributed by atoms with Crippen molar-refractivity contribution >= 4 is 66.8 Å². The average Bonchev–Trinajstić information content (AvgIpc) is 1.09. The Morgan fingerprint density at radius 3 is 1.00 bits per heavy atom. The second kappa shape index (κ2) is 25.2. The van der Waals surface area contributed by atoms with Gasteiger partial charge in [0.1, 0.15) is 0 Å². The van der Waals surface area contributed by atoms with E-state index in [0.29, 0.717) is 0 Å². The molecule has 93 heavy (non-hydrogen) atoms. The van der Waals surface area contributed by atoms with Crippen LogP contribution in [0, 0.1) is 0 Å². The normalized spacial score (nSPS) is 11.8. The summed E-state index contributed by atoms with van der Waals surface area (Å²) in [5.41, 5.74) is 22.2. The Morgan fingerprint density at radius 1 is 0.269 bits per heavy atom. The number of nitrogens with zero attached hydrogens (tertiary/aromatic N) is 5. The molecule has 5 nitrogen and oxygen atoms in total. The maximum absolute atomic E-state index is 4.83. The molecule has 0 spiro atoms. The number of hydrogen-bond acceptors (Lipinski definition) is 4. The summed E-state index contributed by atoms with van der Waals surface area (Å²) in [6.45, 7) is 6.72. The van der Waals surface area contributed by atoms with Crippen molar-refractivity contribution in [3.63, 3.8) is 0 Å². The first-order valence-corrected chi connectivity index (χ1v) is 31.9. The Morgan fingerprint density at radius 2 is 0.570 bits per heavy atom. The number of rotatable bonds is 15. The summed E-state index contributed by atoms with van der Waals surface area (Å²) >= 11 is 0. The molecule has 0 aliphatic rings. The Labute approximate surface area is 544 Å². The highest BCUT2D eigenvalue weighted by atomic mass is 15.3. The first kappa shape index (κ1) is 57.5. The van der Waals surface area contributed by atoms with Gasteiger partial charge in [0.05, 0.1) is 11.4 Å². The first-order valence-electron chi connectivity index (χ1n) is 31.9. The third-order valence-electron chi connectivity index (χ3n) is 17.7. The minimum atomic E-state index is 0.0464. The van der Waals surface area contributed by atoms with Crippen molar-refractivity contribution in [3.8, 4) is 50.7 Å². The quantitative estimate of drug-likeness (QED) is 0.0959. The zero-order valence-corrected chi connectivity index (χ0v) is 52.2. The minimum Gasteiger partial charge on any atom is -0.310 e. The topological polar surface area (TPSA) is 37.2 Å². The Bertz CT molecular complexity index is 5080. The fourth-order valence-corrected chi connectivity index (χ4v) is 13.0. The van der Waals surface area contributed by atoms with Crippen LogP contribution in [0.3, 0.4) is 0 Å². The van der Waals surface area contributed by atoms with E-state index >= 15 is 0 Å². The molecule has 0 N–H and O–H groups in total. The molecule has 0 fully saturated rings. The van der Waals surface area contributed by atoms with Gasteiger partial charge in [-0.25, -0.2) is 0 Å². The Hall–Kier alpha value is -11.9. The average molecular weight is 1190 g/mol. The maximum Gasteiger partial charge on any atom is 0.168 e. The zero-order chi connectivity index (χ0) is 62.7. The lowest BCUT2D eigenvalue weighted by Gasteiger charge is -2.28. The van der Waals surface area contributed by atoms with Crippen LogP contribution in [0.1, 0.15) is 48.6 Å². The van der Waals surface area contributed by atoms with Crippen LogP contribution in [0.5, 0.6) is 0 Å². The van der Waals surface area contributed by atoms with E-state index in [9.17, 15) is 0 Å². The minimum absolute atomic E-state index is 0.0464. The molecule has 1 heterocycles. The lowest BCUT2D eigenvalue weighted by atomic mass is 9.85.